The fourth-order valence-electron chi connectivity index (χ4n) is 1.80. The molecule has 1 aromatic rings. The molecule has 2 nitrogen and oxygen atoms in total. The third-order valence-corrected chi connectivity index (χ3v) is 4.04. The van der Waals surface area contributed by atoms with E-state index in [1.165, 1.54) is 0 Å². The third kappa shape index (κ3) is 2.79. The van der Waals surface area contributed by atoms with Gasteiger partial charge in [-0.15, -0.1) is 0 Å². The molecule has 1 aromatic carbocycles. The Kier molecular flexibility index (Phi) is 3.88. The Bertz CT molecular complexity index is 344. The largest absolute Gasteiger partial charge is 0.461 e. The van der Waals surface area contributed by atoms with E-state index in [1.54, 1.807) is 0 Å². The minimum absolute atomic E-state index is 0.0332. The number of esters is 1. The van der Waals surface area contributed by atoms with Crippen LogP contribution in [-0.4, -0.2) is 17.5 Å². The summed E-state index contributed by atoms with van der Waals surface area (Å²) in [5.41, 5.74) is 1.05. The summed E-state index contributed by atoms with van der Waals surface area (Å²) in [6, 6.07) is 9.81. The van der Waals surface area contributed by atoms with Crippen LogP contribution in [0, 0.1) is 5.92 Å². The molecule has 3 heteroatoms. The minimum atomic E-state index is -0.0332. The zero-order valence-corrected chi connectivity index (χ0v) is 10.2. The molecule has 0 unspecified atom stereocenters. The van der Waals surface area contributed by atoms with E-state index in [0.29, 0.717) is 11.9 Å². The number of hydrogen-bond donors (Lipinski definition) is 0. The highest BCUT2D eigenvalue weighted by Crippen LogP contribution is 2.36. The highest BCUT2D eigenvalue weighted by Gasteiger charge is 2.34. The van der Waals surface area contributed by atoms with E-state index in [1.807, 2.05) is 42.1 Å². The summed E-state index contributed by atoms with van der Waals surface area (Å²) >= 11 is 1.84. The lowest BCUT2D eigenvalue weighted by Crippen LogP contribution is -2.33. The van der Waals surface area contributed by atoms with Gasteiger partial charge in [0.15, 0.2) is 0 Å². The van der Waals surface area contributed by atoms with Crippen molar-refractivity contribution in [2.45, 2.75) is 24.7 Å². The van der Waals surface area contributed by atoms with Crippen molar-refractivity contribution in [3.05, 3.63) is 35.9 Å². The first-order valence-corrected chi connectivity index (χ1v) is 6.81. The van der Waals surface area contributed by atoms with Crippen LogP contribution in [0.2, 0.25) is 0 Å². The minimum Gasteiger partial charge on any atom is -0.461 e. The van der Waals surface area contributed by atoms with Gasteiger partial charge in [-0.3, -0.25) is 4.79 Å². The van der Waals surface area contributed by atoms with Crippen molar-refractivity contribution in [2.75, 3.05) is 6.26 Å². The maximum atomic E-state index is 11.6. The lowest BCUT2D eigenvalue weighted by Gasteiger charge is -2.31. The van der Waals surface area contributed by atoms with Gasteiger partial charge in [-0.05, 0) is 24.7 Å². The molecule has 0 aromatic heterocycles. The Morgan fingerprint density at radius 2 is 2.06 bits per heavy atom. The van der Waals surface area contributed by atoms with Crippen molar-refractivity contribution in [3.8, 4) is 0 Å². The Morgan fingerprint density at radius 1 is 1.38 bits per heavy atom. The van der Waals surface area contributed by atoms with Crippen LogP contribution < -0.4 is 0 Å². The Hall–Kier alpha value is -0.960. The maximum absolute atomic E-state index is 11.6. The molecule has 0 saturated heterocycles. The summed E-state index contributed by atoms with van der Waals surface area (Å²) in [5.74, 6) is 0.107. The summed E-state index contributed by atoms with van der Waals surface area (Å²) < 4.78 is 5.28. The van der Waals surface area contributed by atoms with E-state index in [2.05, 4.69) is 6.26 Å². The molecule has 1 saturated carbocycles. The summed E-state index contributed by atoms with van der Waals surface area (Å²) in [5, 5.41) is 0.661. The Labute approximate surface area is 100 Å². The molecule has 0 heterocycles. The number of carbonyl (C=O) groups excluding carboxylic acids is 1. The number of rotatable bonds is 4. The molecule has 0 amide bonds. The second kappa shape index (κ2) is 5.39. The van der Waals surface area contributed by atoms with Gasteiger partial charge in [0.1, 0.15) is 6.61 Å². The lowest BCUT2D eigenvalue weighted by atomic mass is 9.85. The van der Waals surface area contributed by atoms with Crippen molar-refractivity contribution in [1.29, 1.82) is 0 Å². The SMILES string of the molecule is CS[C@H]1C[C@H](C(=O)OCc2ccccc2)C1. The highest BCUT2D eigenvalue weighted by molar-refractivity contribution is 7.99. The Morgan fingerprint density at radius 3 is 2.69 bits per heavy atom. The topological polar surface area (TPSA) is 26.3 Å². The first kappa shape index (κ1) is 11.5. The van der Waals surface area contributed by atoms with Gasteiger partial charge in [-0.2, -0.15) is 11.8 Å². The normalized spacial score (nSPS) is 23.6. The molecule has 0 atom stereocenters. The average molecular weight is 236 g/mol. The van der Waals surface area contributed by atoms with Crippen LogP contribution in [0.15, 0.2) is 30.3 Å². The smallest absolute Gasteiger partial charge is 0.309 e. The molecule has 0 bridgehead atoms. The maximum Gasteiger partial charge on any atom is 0.309 e. The van der Waals surface area contributed by atoms with E-state index in [9.17, 15) is 4.79 Å². The van der Waals surface area contributed by atoms with E-state index in [-0.39, 0.29) is 11.9 Å². The summed E-state index contributed by atoms with van der Waals surface area (Å²) in [6.45, 7) is 0.403. The van der Waals surface area contributed by atoms with Gasteiger partial charge in [0.05, 0.1) is 5.92 Å². The fraction of sp³-hybridized carbons (Fsp3) is 0.462. The van der Waals surface area contributed by atoms with Gasteiger partial charge in [0.25, 0.3) is 0 Å². The van der Waals surface area contributed by atoms with Crippen LogP contribution in [0.4, 0.5) is 0 Å². The van der Waals surface area contributed by atoms with Crippen molar-refractivity contribution in [2.24, 2.45) is 5.92 Å². The highest BCUT2D eigenvalue weighted by atomic mass is 32.2. The molecule has 0 aliphatic heterocycles. The number of ether oxygens (including phenoxy) is 1. The molecule has 0 radical (unpaired) electrons. The molecule has 0 N–H and O–H groups in total. The summed E-state index contributed by atoms with van der Waals surface area (Å²) in [6.07, 6.45) is 4.06. The van der Waals surface area contributed by atoms with E-state index < -0.39 is 0 Å². The number of hydrogen-bond acceptors (Lipinski definition) is 3. The van der Waals surface area contributed by atoms with Gasteiger partial charge in [-0.1, -0.05) is 30.3 Å². The lowest BCUT2D eigenvalue weighted by molar-refractivity contribution is -0.152. The number of carbonyl (C=O) groups is 1. The van der Waals surface area contributed by atoms with E-state index >= 15 is 0 Å². The summed E-state index contributed by atoms with van der Waals surface area (Å²) in [4.78, 5) is 11.6. The zero-order valence-electron chi connectivity index (χ0n) is 9.39. The van der Waals surface area contributed by atoms with Gasteiger partial charge in [0.2, 0.25) is 0 Å². The van der Waals surface area contributed by atoms with Crippen molar-refractivity contribution < 1.29 is 9.53 Å². The third-order valence-electron chi connectivity index (χ3n) is 2.99. The van der Waals surface area contributed by atoms with Crippen LogP contribution in [0.5, 0.6) is 0 Å². The van der Waals surface area contributed by atoms with Crippen molar-refractivity contribution in [3.63, 3.8) is 0 Å². The predicted molar refractivity (Wildman–Crippen MR) is 66.3 cm³/mol. The molecular formula is C13H16O2S. The second-order valence-corrected chi connectivity index (χ2v) is 5.26. The van der Waals surface area contributed by atoms with Gasteiger partial charge in [0, 0.05) is 5.25 Å². The van der Waals surface area contributed by atoms with Crippen LogP contribution in [0.25, 0.3) is 0 Å². The average Bonchev–Trinajstić information content (AvgIpc) is 2.26. The first-order valence-electron chi connectivity index (χ1n) is 5.53. The zero-order chi connectivity index (χ0) is 11.4. The molecule has 1 aliphatic rings. The standard InChI is InChI=1S/C13H16O2S/c1-16-12-7-11(8-12)13(14)15-9-10-5-3-2-4-6-10/h2-6,11-12H,7-9H2,1H3/t11-,12-. The first-order chi connectivity index (χ1) is 7.79. The molecule has 16 heavy (non-hydrogen) atoms. The molecular weight excluding hydrogens is 220 g/mol. The van der Waals surface area contributed by atoms with E-state index in [0.717, 1.165) is 18.4 Å². The van der Waals surface area contributed by atoms with Crippen molar-refractivity contribution >= 4 is 17.7 Å². The fourth-order valence-corrected chi connectivity index (χ4v) is 2.65. The molecule has 86 valence electrons. The van der Waals surface area contributed by atoms with Crippen molar-refractivity contribution in [1.82, 2.24) is 0 Å². The quantitative estimate of drug-likeness (QED) is 0.752. The summed E-state index contributed by atoms with van der Waals surface area (Å²) in [7, 11) is 0. The van der Waals surface area contributed by atoms with Crippen LogP contribution in [0.3, 0.4) is 0 Å². The molecule has 1 fully saturated rings. The monoisotopic (exact) mass is 236 g/mol. The van der Waals surface area contributed by atoms with Crippen LogP contribution in [0.1, 0.15) is 18.4 Å². The van der Waals surface area contributed by atoms with Gasteiger partial charge >= 0.3 is 5.97 Å². The van der Waals surface area contributed by atoms with Crippen LogP contribution >= 0.6 is 11.8 Å². The second-order valence-electron chi connectivity index (χ2n) is 4.12. The number of thioether (sulfide) groups is 1. The molecule has 2 rings (SSSR count). The Balaban J connectivity index is 1.73. The molecule has 0 spiro atoms. The van der Waals surface area contributed by atoms with Gasteiger partial charge in [-0.25, -0.2) is 0 Å². The van der Waals surface area contributed by atoms with Gasteiger partial charge < -0.3 is 4.74 Å². The number of benzene rings is 1. The van der Waals surface area contributed by atoms with E-state index in [4.69, 9.17) is 4.74 Å². The van der Waals surface area contributed by atoms with Crippen LogP contribution in [-0.2, 0) is 16.1 Å². The predicted octanol–water partition coefficient (Wildman–Crippen LogP) is 2.87. The molecule has 1 aliphatic carbocycles.